The third-order valence-electron chi connectivity index (χ3n) is 4.35. The third kappa shape index (κ3) is 3.91. The number of aromatic nitrogens is 2. The van der Waals surface area contributed by atoms with E-state index in [-0.39, 0.29) is 17.7 Å². The number of likely N-dealkylation sites (tertiary alicyclic amines) is 1. The summed E-state index contributed by atoms with van der Waals surface area (Å²) in [6, 6.07) is 11.9. The van der Waals surface area contributed by atoms with Crippen LogP contribution in [0.5, 0.6) is 0 Å². The molecule has 5 heteroatoms. The minimum Gasteiger partial charge on any atom is -0.342 e. The van der Waals surface area contributed by atoms with Crippen molar-refractivity contribution >= 4 is 17.5 Å². The van der Waals surface area contributed by atoms with Crippen molar-refractivity contribution in [3.63, 3.8) is 0 Å². The number of carbonyl (C=O) groups excluding carboxylic acids is 1. The summed E-state index contributed by atoms with van der Waals surface area (Å²) in [5.41, 5.74) is 1.97. The number of anilines is 2. The number of rotatable bonds is 4. The van der Waals surface area contributed by atoms with E-state index in [2.05, 4.69) is 15.3 Å². The minimum absolute atomic E-state index is 0.0458. The zero-order chi connectivity index (χ0) is 16.9. The molecule has 1 atom stereocenters. The van der Waals surface area contributed by atoms with Gasteiger partial charge in [-0.3, -0.25) is 4.79 Å². The Morgan fingerprint density at radius 1 is 1.25 bits per heavy atom. The number of para-hydroxylation sites is 1. The molecule has 24 heavy (non-hydrogen) atoms. The van der Waals surface area contributed by atoms with Crippen molar-refractivity contribution in [3.05, 3.63) is 48.3 Å². The molecule has 1 amide bonds. The SMILES string of the molecule is CC(C)C(=O)N1CCC[C@@H](c2ccnc(Nc3ccccc3)n2)C1. The van der Waals surface area contributed by atoms with E-state index in [9.17, 15) is 4.79 Å². The predicted molar refractivity (Wildman–Crippen MR) is 95.1 cm³/mol. The first kappa shape index (κ1) is 16.4. The number of carbonyl (C=O) groups is 1. The normalized spacial score (nSPS) is 17.8. The first-order valence-electron chi connectivity index (χ1n) is 8.57. The Balaban J connectivity index is 1.72. The van der Waals surface area contributed by atoms with Crippen LogP contribution in [0.3, 0.4) is 0 Å². The number of amides is 1. The van der Waals surface area contributed by atoms with Gasteiger partial charge in [0.2, 0.25) is 11.9 Å². The van der Waals surface area contributed by atoms with Crippen molar-refractivity contribution in [2.75, 3.05) is 18.4 Å². The summed E-state index contributed by atoms with van der Waals surface area (Å²) in [6.45, 7) is 5.52. The lowest BCUT2D eigenvalue weighted by molar-refractivity contribution is -0.135. The maximum atomic E-state index is 12.3. The van der Waals surface area contributed by atoms with Crippen LogP contribution in [-0.4, -0.2) is 33.9 Å². The maximum absolute atomic E-state index is 12.3. The van der Waals surface area contributed by atoms with Crippen LogP contribution in [0.2, 0.25) is 0 Å². The van der Waals surface area contributed by atoms with Gasteiger partial charge in [0.05, 0.1) is 5.69 Å². The van der Waals surface area contributed by atoms with Gasteiger partial charge in [0.1, 0.15) is 0 Å². The van der Waals surface area contributed by atoms with E-state index in [4.69, 9.17) is 0 Å². The number of nitrogens with one attached hydrogen (secondary N) is 1. The summed E-state index contributed by atoms with van der Waals surface area (Å²) in [6.07, 6.45) is 3.87. The second-order valence-corrected chi connectivity index (χ2v) is 6.57. The quantitative estimate of drug-likeness (QED) is 0.934. The Bertz CT molecular complexity index is 687. The van der Waals surface area contributed by atoms with E-state index in [1.165, 1.54) is 0 Å². The largest absolute Gasteiger partial charge is 0.342 e. The van der Waals surface area contributed by atoms with Crippen molar-refractivity contribution in [1.82, 2.24) is 14.9 Å². The molecular weight excluding hydrogens is 300 g/mol. The van der Waals surface area contributed by atoms with Gasteiger partial charge in [-0.15, -0.1) is 0 Å². The molecule has 0 unspecified atom stereocenters. The molecule has 5 nitrogen and oxygen atoms in total. The molecule has 3 rings (SSSR count). The fourth-order valence-electron chi connectivity index (χ4n) is 3.09. The number of hydrogen-bond acceptors (Lipinski definition) is 4. The second kappa shape index (κ2) is 7.43. The van der Waals surface area contributed by atoms with Gasteiger partial charge in [-0.05, 0) is 31.0 Å². The lowest BCUT2D eigenvalue weighted by atomic mass is 9.94. The molecule has 1 aliphatic rings. The molecule has 1 fully saturated rings. The van der Waals surface area contributed by atoms with Crippen LogP contribution in [0.15, 0.2) is 42.6 Å². The van der Waals surface area contributed by atoms with Gasteiger partial charge in [-0.1, -0.05) is 32.0 Å². The maximum Gasteiger partial charge on any atom is 0.227 e. The van der Waals surface area contributed by atoms with Gasteiger partial charge >= 0.3 is 0 Å². The van der Waals surface area contributed by atoms with E-state index >= 15 is 0 Å². The Morgan fingerprint density at radius 2 is 2.04 bits per heavy atom. The number of nitrogens with zero attached hydrogens (tertiary/aromatic N) is 3. The average molecular weight is 324 g/mol. The molecule has 1 aromatic carbocycles. The van der Waals surface area contributed by atoms with Gasteiger partial charge in [0, 0.05) is 36.8 Å². The first-order valence-corrected chi connectivity index (χ1v) is 8.57. The molecule has 2 aromatic rings. The van der Waals surface area contributed by atoms with Crippen molar-refractivity contribution < 1.29 is 4.79 Å². The Morgan fingerprint density at radius 3 is 2.79 bits per heavy atom. The van der Waals surface area contributed by atoms with Gasteiger partial charge < -0.3 is 10.2 Å². The number of piperidine rings is 1. The summed E-state index contributed by atoms with van der Waals surface area (Å²) in [7, 11) is 0. The highest BCUT2D eigenvalue weighted by molar-refractivity contribution is 5.78. The molecule has 1 aliphatic heterocycles. The van der Waals surface area contributed by atoms with Crippen LogP contribution >= 0.6 is 0 Å². The summed E-state index contributed by atoms with van der Waals surface area (Å²) in [4.78, 5) is 23.2. The van der Waals surface area contributed by atoms with Gasteiger partial charge in [0.25, 0.3) is 0 Å². The number of hydrogen-bond donors (Lipinski definition) is 1. The summed E-state index contributed by atoms with van der Waals surface area (Å²) < 4.78 is 0. The van der Waals surface area contributed by atoms with E-state index in [1.807, 2.05) is 55.1 Å². The molecule has 126 valence electrons. The van der Waals surface area contributed by atoms with Gasteiger partial charge in [-0.2, -0.15) is 0 Å². The fourth-order valence-corrected chi connectivity index (χ4v) is 3.09. The van der Waals surface area contributed by atoms with E-state index in [0.717, 1.165) is 37.3 Å². The van der Waals surface area contributed by atoms with Crippen LogP contribution < -0.4 is 5.32 Å². The van der Waals surface area contributed by atoms with Crippen LogP contribution in [0.4, 0.5) is 11.6 Å². The summed E-state index contributed by atoms with van der Waals surface area (Å²) in [5.74, 6) is 1.16. The second-order valence-electron chi connectivity index (χ2n) is 6.57. The Hall–Kier alpha value is -2.43. The molecule has 0 spiro atoms. The minimum atomic E-state index is 0.0458. The van der Waals surface area contributed by atoms with E-state index in [0.29, 0.717) is 5.95 Å². The lowest BCUT2D eigenvalue weighted by Gasteiger charge is -2.33. The molecule has 0 bridgehead atoms. The lowest BCUT2D eigenvalue weighted by Crippen LogP contribution is -2.41. The predicted octanol–water partition coefficient (Wildman–Crippen LogP) is 3.58. The van der Waals surface area contributed by atoms with Crippen molar-refractivity contribution in [1.29, 1.82) is 0 Å². The van der Waals surface area contributed by atoms with E-state index in [1.54, 1.807) is 6.20 Å². The van der Waals surface area contributed by atoms with Gasteiger partial charge in [-0.25, -0.2) is 9.97 Å². The van der Waals surface area contributed by atoms with Crippen molar-refractivity contribution in [2.24, 2.45) is 5.92 Å². The molecule has 1 aromatic heterocycles. The highest BCUT2D eigenvalue weighted by Crippen LogP contribution is 2.27. The van der Waals surface area contributed by atoms with E-state index < -0.39 is 0 Å². The van der Waals surface area contributed by atoms with Crippen LogP contribution in [0.1, 0.15) is 38.3 Å². The first-order chi connectivity index (χ1) is 11.6. The molecule has 2 heterocycles. The Kier molecular flexibility index (Phi) is 5.08. The molecule has 0 aliphatic carbocycles. The standard InChI is InChI=1S/C19H24N4O/c1-14(2)18(24)23-12-6-7-15(13-23)17-10-11-20-19(22-17)21-16-8-4-3-5-9-16/h3-5,8-11,14-15H,6-7,12-13H2,1-2H3,(H,20,21,22)/t15-/m1/s1. The van der Waals surface area contributed by atoms with Crippen molar-refractivity contribution in [2.45, 2.75) is 32.6 Å². The van der Waals surface area contributed by atoms with Crippen molar-refractivity contribution in [3.8, 4) is 0 Å². The van der Waals surface area contributed by atoms with Gasteiger partial charge in [0.15, 0.2) is 0 Å². The molecule has 0 radical (unpaired) electrons. The monoisotopic (exact) mass is 324 g/mol. The average Bonchev–Trinajstić information content (AvgIpc) is 2.62. The fraction of sp³-hybridized carbons (Fsp3) is 0.421. The summed E-state index contributed by atoms with van der Waals surface area (Å²) in [5, 5.41) is 3.23. The molecule has 1 N–H and O–H groups in total. The van der Waals surface area contributed by atoms with Crippen LogP contribution in [0.25, 0.3) is 0 Å². The number of benzene rings is 1. The summed E-state index contributed by atoms with van der Waals surface area (Å²) >= 11 is 0. The molecular formula is C19H24N4O. The highest BCUT2D eigenvalue weighted by Gasteiger charge is 2.26. The Labute approximate surface area is 143 Å². The third-order valence-corrected chi connectivity index (χ3v) is 4.35. The highest BCUT2D eigenvalue weighted by atomic mass is 16.2. The topological polar surface area (TPSA) is 58.1 Å². The smallest absolute Gasteiger partial charge is 0.227 e. The van der Waals surface area contributed by atoms with Crippen LogP contribution in [-0.2, 0) is 4.79 Å². The van der Waals surface area contributed by atoms with Crippen LogP contribution in [0, 0.1) is 5.92 Å². The zero-order valence-electron chi connectivity index (χ0n) is 14.3. The molecule has 0 saturated carbocycles. The zero-order valence-corrected chi connectivity index (χ0v) is 14.3. The molecule has 1 saturated heterocycles.